The average Bonchev–Trinajstić information content (AvgIpc) is 2.92. The van der Waals surface area contributed by atoms with Crippen molar-refractivity contribution in [2.75, 3.05) is 19.0 Å². The molecular weight excluding hydrogens is 278 g/mol. The Morgan fingerprint density at radius 3 is 3.10 bits per heavy atom. The number of benzene rings is 1. The van der Waals surface area contributed by atoms with Gasteiger partial charge < -0.3 is 10.1 Å². The van der Waals surface area contributed by atoms with Crippen LogP contribution in [0.4, 0.5) is 5.69 Å². The van der Waals surface area contributed by atoms with E-state index in [1.54, 1.807) is 36.3 Å². The van der Waals surface area contributed by atoms with Crippen LogP contribution in [-0.2, 0) is 17.2 Å². The third-order valence-electron chi connectivity index (χ3n) is 2.76. The summed E-state index contributed by atoms with van der Waals surface area (Å²) in [5.74, 6) is 0.207. The number of carbonyl (C=O) groups is 1. The molecule has 0 unspecified atom stereocenters. The number of hydrogen-bond donors (Lipinski definition) is 1. The lowest BCUT2D eigenvalue weighted by Gasteiger charge is -2.04. The zero-order chi connectivity index (χ0) is 14.4. The summed E-state index contributed by atoms with van der Waals surface area (Å²) in [6.45, 7) is 1.22. The minimum atomic E-state index is -0.178. The highest BCUT2D eigenvalue weighted by atomic mass is 35.5. The number of anilines is 1. The van der Waals surface area contributed by atoms with Crippen LogP contribution in [0, 0.1) is 0 Å². The van der Waals surface area contributed by atoms with Crippen LogP contribution >= 0.6 is 11.6 Å². The second-order valence-electron chi connectivity index (χ2n) is 4.27. The van der Waals surface area contributed by atoms with Gasteiger partial charge in [0.2, 0.25) is 0 Å². The molecule has 0 spiro atoms. The van der Waals surface area contributed by atoms with Gasteiger partial charge in [0.05, 0.1) is 25.0 Å². The summed E-state index contributed by atoms with van der Waals surface area (Å²) in [5.41, 5.74) is 2.14. The van der Waals surface area contributed by atoms with E-state index in [-0.39, 0.29) is 5.91 Å². The number of halogens is 1. The van der Waals surface area contributed by atoms with Crippen LogP contribution in [0.5, 0.6) is 0 Å². The molecule has 0 radical (unpaired) electrons. The van der Waals surface area contributed by atoms with E-state index >= 15 is 0 Å². The maximum Gasteiger partial charge on any atom is 0.255 e. The van der Waals surface area contributed by atoms with Gasteiger partial charge in [-0.1, -0.05) is 12.1 Å². The molecule has 1 N–H and O–H groups in total. The number of aromatic nitrogens is 2. The predicted molar refractivity (Wildman–Crippen MR) is 78.1 cm³/mol. The number of nitrogens with one attached hydrogen (secondary N) is 1. The molecule has 1 heterocycles. The van der Waals surface area contributed by atoms with Crippen molar-refractivity contribution in [2.24, 2.45) is 0 Å². The highest BCUT2D eigenvalue weighted by Gasteiger charge is 2.08. The van der Waals surface area contributed by atoms with Crippen molar-refractivity contribution < 1.29 is 9.53 Å². The summed E-state index contributed by atoms with van der Waals surface area (Å²) in [7, 11) is 1.63. The van der Waals surface area contributed by atoms with E-state index in [4.69, 9.17) is 16.3 Å². The molecule has 0 aliphatic carbocycles. The van der Waals surface area contributed by atoms with Gasteiger partial charge in [-0.25, -0.2) is 0 Å². The standard InChI is InChI=1S/C14H16ClN3O2/c1-20-6-5-18-10-13(9-16-18)17-14(19)12-4-2-3-11(7-12)8-15/h2-4,7,9-10H,5-6,8H2,1H3,(H,17,19). The van der Waals surface area contributed by atoms with E-state index in [9.17, 15) is 4.79 Å². The Hall–Kier alpha value is -1.85. The highest BCUT2D eigenvalue weighted by molar-refractivity contribution is 6.17. The topological polar surface area (TPSA) is 56.1 Å². The molecule has 1 aromatic carbocycles. The van der Waals surface area contributed by atoms with E-state index in [2.05, 4.69) is 10.4 Å². The first-order chi connectivity index (χ1) is 9.72. The summed E-state index contributed by atoms with van der Waals surface area (Å²) in [4.78, 5) is 12.1. The quantitative estimate of drug-likeness (QED) is 0.833. The molecule has 1 aromatic heterocycles. The van der Waals surface area contributed by atoms with Crippen LogP contribution in [0.1, 0.15) is 15.9 Å². The Morgan fingerprint density at radius 1 is 1.50 bits per heavy atom. The summed E-state index contributed by atoms with van der Waals surface area (Å²) in [6.07, 6.45) is 3.38. The van der Waals surface area contributed by atoms with Gasteiger partial charge in [-0.05, 0) is 17.7 Å². The van der Waals surface area contributed by atoms with E-state index < -0.39 is 0 Å². The van der Waals surface area contributed by atoms with Gasteiger partial charge in [-0.3, -0.25) is 9.48 Å². The van der Waals surface area contributed by atoms with Crippen molar-refractivity contribution in [3.63, 3.8) is 0 Å². The van der Waals surface area contributed by atoms with Gasteiger partial charge >= 0.3 is 0 Å². The number of nitrogens with zero attached hydrogens (tertiary/aromatic N) is 2. The molecule has 20 heavy (non-hydrogen) atoms. The highest BCUT2D eigenvalue weighted by Crippen LogP contribution is 2.11. The molecule has 5 nitrogen and oxygen atoms in total. The number of rotatable bonds is 6. The lowest BCUT2D eigenvalue weighted by atomic mass is 10.1. The second kappa shape index (κ2) is 7.07. The number of ether oxygens (including phenoxy) is 1. The van der Waals surface area contributed by atoms with Crippen LogP contribution in [0.25, 0.3) is 0 Å². The number of amides is 1. The summed E-state index contributed by atoms with van der Waals surface area (Å²) in [5, 5.41) is 6.94. The van der Waals surface area contributed by atoms with E-state index in [1.807, 2.05) is 12.1 Å². The van der Waals surface area contributed by atoms with E-state index in [0.29, 0.717) is 30.3 Å². The van der Waals surface area contributed by atoms with Gasteiger partial charge in [0.1, 0.15) is 0 Å². The first-order valence-corrected chi connectivity index (χ1v) is 6.74. The fourth-order valence-electron chi connectivity index (χ4n) is 1.73. The number of methoxy groups -OCH3 is 1. The van der Waals surface area contributed by atoms with Crippen LogP contribution in [0.3, 0.4) is 0 Å². The molecule has 0 fully saturated rings. The monoisotopic (exact) mass is 293 g/mol. The van der Waals surface area contributed by atoms with Crippen molar-refractivity contribution in [3.05, 3.63) is 47.8 Å². The lowest BCUT2D eigenvalue weighted by molar-refractivity contribution is 0.102. The van der Waals surface area contributed by atoms with Crippen molar-refractivity contribution in [1.29, 1.82) is 0 Å². The van der Waals surface area contributed by atoms with Crippen molar-refractivity contribution >= 4 is 23.2 Å². The third kappa shape index (κ3) is 3.82. The van der Waals surface area contributed by atoms with Crippen LogP contribution < -0.4 is 5.32 Å². The molecule has 0 atom stereocenters. The van der Waals surface area contributed by atoms with E-state index in [0.717, 1.165) is 5.56 Å². The van der Waals surface area contributed by atoms with Crippen molar-refractivity contribution in [1.82, 2.24) is 9.78 Å². The Kier molecular flexibility index (Phi) is 5.15. The molecule has 0 saturated carbocycles. The number of hydrogen-bond acceptors (Lipinski definition) is 3. The normalized spacial score (nSPS) is 10.5. The van der Waals surface area contributed by atoms with Crippen LogP contribution in [0.15, 0.2) is 36.7 Å². The Morgan fingerprint density at radius 2 is 2.35 bits per heavy atom. The smallest absolute Gasteiger partial charge is 0.255 e. The maximum absolute atomic E-state index is 12.1. The van der Waals surface area contributed by atoms with Crippen molar-refractivity contribution in [3.8, 4) is 0 Å². The molecular formula is C14H16ClN3O2. The maximum atomic E-state index is 12.1. The first kappa shape index (κ1) is 14.6. The summed E-state index contributed by atoms with van der Waals surface area (Å²) >= 11 is 5.76. The van der Waals surface area contributed by atoms with Gasteiger partial charge in [0.25, 0.3) is 5.91 Å². The Labute approximate surface area is 122 Å². The fraction of sp³-hybridized carbons (Fsp3) is 0.286. The first-order valence-electron chi connectivity index (χ1n) is 6.20. The predicted octanol–water partition coefficient (Wildman–Crippen LogP) is 2.52. The molecule has 0 saturated heterocycles. The molecule has 0 aliphatic rings. The number of alkyl halides is 1. The SMILES string of the molecule is COCCn1cc(NC(=O)c2cccc(CCl)c2)cn1. The minimum Gasteiger partial charge on any atom is -0.383 e. The third-order valence-corrected chi connectivity index (χ3v) is 3.07. The Bertz CT molecular complexity index is 583. The molecule has 1 amide bonds. The number of carbonyl (C=O) groups excluding carboxylic acids is 1. The zero-order valence-corrected chi connectivity index (χ0v) is 11.9. The molecule has 6 heteroatoms. The van der Waals surface area contributed by atoms with Gasteiger partial charge in [-0.2, -0.15) is 5.10 Å². The zero-order valence-electron chi connectivity index (χ0n) is 11.2. The van der Waals surface area contributed by atoms with E-state index in [1.165, 1.54) is 0 Å². The largest absolute Gasteiger partial charge is 0.383 e. The molecule has 0 bridgehead atoms. The summed E-state index contributed by atoms with van der Waals surface area (Å²) < 4.78 is 6.69. The van der Waals surface area contributed by atoms with Gasteiger partial charge in [-0.15, -0.1) is 11.6 Å². The average molecular weight is 294 g/mol. The lowest BCUT2D eigenvalue weighted by Crippen LogP contribution is -2.11. The second-order valence-corrected chi connectivity index (χ2v) is 4.54. The van der Waals surface area contributed by atoms with Gasteiger partial charge in [0.15, 0.2) is 0 Å². The summed E-state index contributed by atoms with van der Waals surface area (Å²) in [6, 6.07) is 7.22. The van der Waals surface area contributed by atoms with Crippen LogP contribution in [-0.4, -0.2) is 29.4 Å². The van der Waals surface area contributed by atoms with Gasteiger partial charge in [0, 0.05) is 24.8 Å². The molecule has 0 aliphatic heterocycles. The fourth-order valence-corrected chi connectivity index (χ4v) is 1.90. The minimum absolute atomic E-state index is 0.178. The molecule has 106 valence electrons. The molecule has 2 rings (SSSR count). The molecule has 2 aromatic rings. The van der Waals surface area contributed by atoms with Crippen molar-refractivity contribution in [2.45, 2.75) is 12.4 Å². The Balaban J connectivity index is 2.01. The van der Waals surface area contributed by atoms with Crippen LogP contribution in [0.2, 0.25) is 0 Å².